The Labute approximate surface area is 149 Å². The van der Waals surface area contributed by atoms with Gasteiger partial charge in [0.25, 0.3) is 0 Å². The molecule has 0 fully saturated rings. The van der Waals surface area contributed by atoms with Crippen molar-refractivity contribution in [3.8, 4) is 5.75 Å². The summed E-state index contributed by atoms with van der Waals surface area (Å²) in [4.78, 5) is 23.0. The summed E-state index contributed by atoms with van der Waals surface area (Å²) in [6.45, 7) is 8.44. The van der Waals surface area contributed by atoms with Gasteiger partial charge < -0.3 is 21.1 Å². The number of ether oxygens (including phenoxy) is 1. The average Bonchev–Trinajstić information content (AvgIpc) is 2.50. The van der Waals surface area contributed by atoms with E-state index in [2.05, 4.69) is 24.5 Å². The van der Waals surface area contributed by atoms with E-state index in [1.54, 1.807) is 0 Å². The average molecular weight is 358 g/mol. The van der Waals surface area contributed by atoms with Gasteiger partial charge in [-0.15, -0.1) is 12.4 Å². The Morgan fingerprint density at radius 3 is 2.25 bits per heavy atom. The van der Waals surface area contributed by atoms with Gasteiger partial charge in [0.1, 0.15) is 5.75 Å². The van der Waals surface area contributed by atoms with Crippen molar-refractivity contribution < 1.29 is 14.3 Å². The molecule has 0 aliphatic rings. The van der Waals surface area contributed by atoms with Crippen LogP contribution in [0.25, 0.3) is 0 Å². The fraction of sp³-hybridized carbons (Fsp3) is 0.529. The maximum Gasteiger partial charge on any atom is 0.240 e. The fourth-order valence-electron chi connectivity index (χ4n) is 1.95. The molecular weight excluding hydrogens is 330 g/mol. The molecule has 0 unspecified atom stereocenters. The predicted octanol–water partition coefficient (Wildman–Crippen LogP) is 1.57. The van der Waals surface area contributed by atoms with Crippen molar-refractivity contribution in [2.75, 3.05) is 19.7 Å². The van der Waals surface area contributed by atoms with Crippen molar-refractivity contribution in [1.29, 1.82) is 0 Å². The molecule has 1 aromatic rings. The van der Waals surface area contributed by atoms with E-state index in [0.717, 1.165) is 11.3 Å². The van der Waals surface area contributed by atoms with Gasteiger partial charge in [0, 0.05) is 0 Å². The number of hydrogen-bond acceptors (Lipinski definition) is 4. The molecule has 0 saturated carbocycles. The predicted molar refractivity (Wildman–Crippen MR) is 97.3 cm³/mol. The zero-order valence-corrected chi connectivity index (χ0v) is 15.5. The molecule has 0 aliphatic heterocycles. The third-order valence-corrected chi connectivity index (χ3v) is 3.24. The number of rotatable bonds is 8. The largest absolute Gasteiger partial charge is 0.493 e. The monoisotopic (exact) mass is 357 g/mol. The van der Waals surface area contributed by atoms with Crippen LogP contribution < -0.4 is 21.1 Å². The Bertz CT molecular complexity index is 530. The van der Waals surface area contributed by atoms with E-state index in [9.17, 15) is 9.59 Å². The number of amides is 2. The maximum absolute atomic E-state index is 11.9. The van der Waals surface area contributed by atoms with Gasteiger partial charge in [0.2, 0.25) is 11.8 Å². The molecule has 0 bridgehead atoms. The Balaban J connectivity index is 0.00000529. The molecule has 7 heteroatoms. The smallest absolute Gasteiger partial charge is 0.240 e. The highest BCUT2D eigenvalue weighted by Gasteiger charge is 2.22. The topological polar surface area (TPSA) is 93.5 Å². The fourth-order valence-corrected chi connectivity index (χ4v) is 1.95. The van der Waals surface area contributed by atoms with Gasteiger partial charge in [0.05, 0.1) is 25.2 Å². The zero-order chi connectivity index (χ0) is 17.5. The quantitative estimate of drug-likeness (QED) is 0.658. The van der Waals surface area contributed by atoms with E-state index in [4.69, 9.17) is 10.5 Å². The van der Waals surface area contributed by atoms with E-state index in [-0.39, 0.29) is 37.3 Å². The number of hydrogen-bond donors (Lipinski definition) is 3. The minimum Gasteiger partial charge on any atom is -0.493 e. The van der Waals surface area contributed by atoms with E-state index in [0.29, 0.717) is 12.5 Å². The first-order valence-corrected chi connectivity index (χ1v) is 7.75. The Kier molecular flexibility index (Phi) is 9.40. The second-order valence-electron chi connectivity index (χ2n) is 6.38. The van der Waals surface area contributed by atoms with Gasteiger partial charge in [0.15, 0.2) is 0 Å². The third-order valence-electron chi connectivity index (χ3n) is 3.24. The lowest BCUT2D eigenvalue weighted by atomic mass is 9.94. The lowest BCUT2D eigenvalue weighted by Gasteiger charge is -2.27. The minimum absolute atomic E-state index is 0. The summed E-state index contributed by atoms with van der Waals surface area (Å²) in [5.74, 6) is 0.649. The summed E-state index contributed by atoms with van der Waals surface area (Å²) >= 11 is 0. The summed E-state index contributed by atoms with van der Waals surface area (Å²) < 4.78 is 5.65. The first-order valence-electron chi connectivity index (χ1n) is 7.75. The van der Waals surface area contributed by atoms with Crippen molar-refractivity contribution in [2.24, 2.45) is 11.7 Å². The van der Waals surface area contributed by atoms with Gasteiger partial charge in [-0.25, -0.2) is 0 Å². The number of nitrogens with one attached hydrogen (secondary N) is 2. The lowest BCUT2D eigenvalue weighted by Crippen LogP contribution is -2.46. The van der Waals surface area contributed by atoms with Crippen LogP contribution in [0.2, 0.25) is 0 Å². The zero-order valence-electron chi connectivity index (χ0n) is 14.7. The summed E-state index contributed by atoms with van der Waals surface area (Å²) in [5.41, 5.74) is 5.58. The molecule has 2 amide bonds. The number of benzene rings is 1. The number of carbonyl (C=O) groups excluding carboxylic acids is 2. The molecule has 4 N–H and O–H groups in total. The molecule has 1 aromatic carbocycles. The first-order chi connectivity index (χ1) is 10.7. The molecule has 0 radical (unpaired) electrons. The van der Waals surface area contributed by atoms with Gasteiger partial charge in [-0.1, -0.05) is 26.0 Å². The second kappa shape index (κ2) is 10.2. The number of halogens is 1. The van der Waals surface area contributed by atoms with Gasteiger partial charge in [-0.2, -0.15) is 0 Å². The van der Waals surface area contributed by atoms with E-state index in [1.807, 2.05) is 38.1 Å². The summed E-state index contributed by atoms with van der Waals surface area (Å²) in [5, 5.41) is 5.33. The van der Waals surface area contributed by atoms with E-state index >= 15 is 0 Å². The molecular formula is C17H28ClN3O3. The summed E-state index contributed by atoms with van der Waals surface area (Å²) in [6, 6.07) is 7.63. The normalized spacial score (nSPS) is 10.8. The van der Waals surface area contributed by atoms with Crippen LogP contribution in [0.5, 0.6) is 5.75 Å². The van der Waals surface area contributed by atoms with Crippen LogP contribution in [0, 0.1) is 5.92 Å². The van der Waals surface area contributed by atoms with Crippen molar-refractivity contribution >= 4 is 24.2 Å². The van der Waals surface area contributed by atoms with Crippen molar-refractivity contribution in [3.63, 3.8) is 0 Å². The highest BCUT2D eigenvalue weighted by atomic mass is 35.5. The van der Waals surface area contributed by atoms with Crippen molar-refractivity contribution in [1.82, 2.24) is 10.6 Å². The Hall–Kier alpha value is -1.79. The summed E-state index contributed by atoms with van der Waals surface area (Å²) in [7, 11) is 0. The lowest BCUT2D eigenvalue weighted by molar-refractivity contribution is -0.126. The minimum atomic E-state index is -0.554. The molecule has 1 rings (SSSR count). The van der Waals surface area contributed by atoms with E-state index in [1.165, 1.54) is 0 Å². The van der Waals surface area contributed by atoms with Crippen LogP contribution in [0.15, 0.2) is 24.3 Å². The van der Waals surface area contributed by atoms with Gasteiger partial charge in [-0.05, 0) is 37.5 Å². The maximum atomic E-state index is 11.9. The molecule has 0 atom stereocenters. The standard InChI is InChI=1S/C17H27N3O3.ClH/c1-12(2)11-23-14-7-5-13(6-8-14)17(3,4)20-16(22)10-19-15(21)9-18;/h5-8,12H,9-11,18H2,1-4H3,(H,19,21)(H,20,22);1H. The molecule has 6 nitrogen and oxygen atoms in total. The van der Waals surface area contributed by atoms with Crippen LogP contribution in [0.4, 0.5) is 0 Å². The van der Waals surface area contributed by atoms with Crippen LogP contribution in [-0.2, 0) is 15.1 Å². The highest BCUT2D eigenvalue weighted by molar-refractivity contribution is 5.86. The Morgan fingerprint density at radius 1 is 1.17 bits per heavy atom. The van der Waals surface area contributed by atoms with Crippen LogP contribution in [-0.4, -0.2) is 31.5 Å². The summed E-state index contributed by atoms with van der Waals surface area (Å²) in [6.07, 6.45) is 0. The van der Waals surface area contributed by atoms with Crippen molar-refractivity contribution in [2.45, 2.75) is 33.2 Å². The Morgan fingerprint density at radius 2 is 1.75 bits per heavy atom. The number of nitrogens with two attached hydrogens (primary N) is 1. The molecule has 0 saturated heterocycles. The second-order valence-corrected chi connectivity index (χ2v) is 6.38. The SMILES string of the molecule is CC(C)COc1ccc(C(C)(C)NC(=O)CNC(=O)CN)cc1.Cl. The molecule has 0 spiro atoms. The highest BCUT2D eigenvalue weighted by Crippen LogP contribution is 2.23. The van der Waals surface area contributed by atoms with Crippen LogP contribution in [0.3, 0.4) is 0 Å². The molecule has 0 heterocycles. The molecule has 136 valence electrons. The number of carbonyl (C=O) groups is 2. The van der Waals surface area contributed by atoms with Crippen molar-refractivity contribution in [3.05, 3.63) is 29.8 Å². The molecule has 24 heavy (non-hydrogen) atoms. The van der Waals surface area contributed by atoms with Crippen LogP contribution >= 0.6 is 12.4 Å². The third kappa shape index (κ3) is 7.66. The van der Waals surface area contributed by atoms with Crippen LogP contribution in [0.1, 0.15) is 33.3 Å². The first kappa shape index (κ1) is 22.2. The molecule has 0 aliphatic carbocycles. The van der Waals surface area contributed by atoms with Gasteiger partial charge in [-0.3, -0.25) is 9.59 Å². The van der Waals surface area contributed by atoms with E-state index < -0.39 is 5.54 Å². The van der Waals surface area contributed by atoms with Gasteiger partial charge >= 0.3 is 0 Å². The molecule has 0 aromatic heterocycles.